The van der Waals surface area contributed by atoms with Gasteiger partial charge in [-0.3, -0.25) is 14.7 Å². The molecule has 0 aliphatic carbocycles. The molecule has 6 nitrogen and oxygen atoms in total. The lowest BCUT2D eigenvalue weighted by Gasteiger charge is -2.20. The minimum absolute atomic E-state index is 0.104. The van der Waals surface area contributed by atoms with Gasteiger partial charge in [-0.1, -0.05) is 36.2 Å². The molecule has 0 bridgehead atoms. The van der Waals surface area contributed by atoms with Crippen molar-refractivity contribution >= 4 is 52.0 Å². The standard InChI is InChI=1S/C19H18Cl2N4O2S/c1-2-7-25(11-18(26)22-14-6-5-12(20)9-13(14)21)19(27)16-10-15(23-24-16)17-4-3-8-28-17/h3-6,8-10H,2,7,11H2,1H3,(H,22,26)(H,23,24). The second-order valence-corrected chi connectivity index (χ2v) is 7.83. The first-order chi connectivity index (χ1) is 13.5. The highest BCUT2D eigenvalue weighted by molar-refractivity contribution is 7.13. The molecule has 3 rings (SSSR count). The van der Waals surface area contributed by atoms with Gasteiger partial charge in [0, 0.05) is 11.6 Å². The van der Waals surface area contributed by atoms with Gasteiger partial charge in [0.25, 0.3) is 5.91 Å². The van der Waals surface area contributed by atoms with E-state index in [4.69, 9.17) is 23.2 Å². The van der Waals surface area contributed by atoms with Crippen molar-refractivity contribution in [1.82, 2.24) is 15.1 Å². The molecule has 2 aromatic heterocycles. The predicted molar refractivity (Wildman–Crippen MR) is 113 cm³/mol. The van der Waals surface area contributed by atoms with Crippen LogP contribution in [0.2, 0.25) is 10.0 Å². The second-order valence-electron chi connectivity index (χ2n) is 6.04. The molecular formula is C19H18Cl2N4O2S. The molecule has 146 valence electrons. The van der Waals surface area contributed by atoms with Crippen molar-refractivity contribution < 1.29 is 9.59 Å². The van der Waals surface area contributed by atoms with Gasteiger partial charge in [-0.2, -0.15) is 5.10 Å². The normalized spacial score (nSPS) is 10.7. The number of anilines is 1. The zero-order chi connectivity index (χ0) is 20.1. The van der Waals surface area contributed by atoms with Crippen LogP contribution in [0.1, 0.15) is 23.8 Å². The third-order valence-electron chi connectivity index (χ3n) is 3.90. The monoisotopic (exact) mass is 436 g/mol. The number of nitrogens with one attached hydrogen (secondary N) is 2. The van der Waals surface area contributed by atoms with Crippen LogP contribution in [0.4, 0.5) is 5.69 Å². The number of H-pyrrole nitrogens is 1. The first kappa shape index (κ1) is 20.4. The maximum atomic E-state index is 12.8. The molecule has 28 heavy (non-hydrogen) atoms. The molecule has 0 fully saturated rings. The summed E-state index contributed by atoms with van der Waals surface area (Å²) in [5.74, 6) is -0.654. The summed E-state index contributed by atoms with van der Waals surface area (Å²) in [4.78, 5) is 27.7. The van der Waals surface area contributed by atoms with Gasteiger partial charge in [0.2, 0.25) is 5.91 Å². The van der Waals surface area contributed by atoms with Crippen LogP contribution in [0.15, 0.2) is 41.8 Å². The number of aromatic nitrogens is 2. The summed E-state index contributed by atoms with van der Waals surface area (Å²) in [7, 11) is 0. The van der Waals surface area contributed by atoms with Gasteiger partial charge < -0.3 is 10.2 Å². The number of hydrogen-bond acceptors (Lipinski definition) is 4. The summed E-state index contributed by atoms with van der Waals surface area (Å²) in [5.41, 5.74) is 1.49. The summed E-state index contributed by atoms with van der Waals surface area (Å²) in [6.07, 6.45) is 0.711. The molecule has 0 aliphatic heterocycles. The number of hydrogen-bond donors (Lipinski definition) is 2. The number of amides is 2. The molecule has 2 amide bonds. The zero-order valence-corrected chi connectivity index (χ0v) is 17.4. The Morgan fingerprint density at radius 2 is 2.07 bits per heavy atom. The minimum atomic E-state index is -0.347. The molecule has 0 radical (unpaired) electrons. The molecule has 2 N–H and O–H groups in total. The minimum Gasteiger partial charge on any atom is -0.328 e. The number of carbonyl (C=O) groups excluding carboxylic acids is 2. The number of rotatable bonds is 7. The molecule has 1 aromatic carbocycles. The summed E-state index contributed by atoms with van der Waals surface area (Å²) in [5, 5.41) is 12.5. The molecular weight excluding hydrogens is 419 g/mol. The van der Waals surface area contributed by atoms with Gasteiger partial charge in [-0.15, -0.1) is 11.3 Å². The smallest absolute Gasteiger partial charge is 0.274 e. The van der Waals surface area contributed by atoms with E-state index >= 15 is 0 Å². The maximum absolute atomic E-state index is 12.8. The fourth-order valence-corrected chi connectivity index (χ4v) is 3.78. The van der Waals surface area contributed by atoms with Crippen LogP contribution in [0.3, 0.4) is 0 Å². The van der Waals surface area contributed by atoms with E-state index in [2.05, 4.69) is 15.5 Å². The Morgan fingerprint density at radius 3 is 2.75 bits per heavy atom. The molecule has 0 aliphatic rings. The number of thiophene rings is 1. The molecule has 0 saturated carbocycles. The molecule has 0 spiro atoms. The summed E-state index contributed by atoms with van der Waals surface area (Å²) >= 11 is 13.5. The first-order valence-electron chi connectivity index (χ1n) is 8.61. The lowest BCUT2D eigenvalue weighted by Crippen LogP contribution is -2.38. The Hall–Kier alpha value is -2.35. The second kappa shape index (κ2) is 9.23. The summed E-state index contributed by atoms with van der Waals surface area (Å²) in [6, 6.07) is 10.4. The Labute approximate surface area is 176 Å². The van der Waals surface area contributed by atoms with Crippen LogP contribution in [0.5, 0.6) is 0 Å². The van der Waals surface area contributed by atoms with Crippen LogP contribution in [-0.2, 0) is 4.79 Å². The van der Waals surface area contributed by atoms with E-state index in [-0.39, 0.29) is 24.1 Å². The van der Waals surface area contributed by atoms with Crippen molar-refractivity contribution in [1.29, 1.82) is 0 Å². The van der Waals surface area contributed by atoms with E-state index in [1.165, 1.54) is 4.90 Å². The number of carbonyl (C=O) groups is 2. The fraction of sp³-hybridized carbons (Fsp3) is 0.211. The van der Waals surface area contributed by atoms with Crippen LogP contribution < -0.4 is 5.32 Å². The highest BCUT2D eigenvalue weighted by atomic mass is 35.5. The number of nitrogens with zero attached hydrogens (tertiary/aromatic N) is 2. The molecule has 3 aromatic rings. The maximum Gasteiger partial charge on any atom is 0.274 e. The topological polar surface area (TPSA) is 78.1 Å². The fourth-order valence-electron chi connectivity index (χ4n) is 2.63. The van der Waals surface area contributed by atoms with E-state index < -0.39 is 0 Å². The Bertz CT molecular complexity index is 972. The number of halogens is 2. The van der Waals surface area contributed by atoms with Crippen molar-refractivity contribution in [3.63, 3.8) is 0 Å². The first-order valence-corrected chi connectivity index (χ1v) is 10.2. The quantitative estimate of drug-likeness (QED) is 0.550. The average Bonchev–Trinajstić information content (AvgIpc) is 3.34. The van der Waals surface area contributed by atoms with Crippen LogP contribution >= 0.6 is 34.5 Å². The van der Waals surface area contributed by atoms with E-state index in [0.717, 1.165) is 10.6 Å². The van der Waals surface area contributed by atoms with Gasteiger partial charge in [0.1, 0.15) is 6.54 Å². The van der Waals surface area contributed by atoms with Gasteiger partial charge in [0.05, 0.1) is 21.3 Å². The molecule has 0 unspecified atom stereocenters. The molecule has 2 heterocycles. The van der Waals surface area contributed by atoms with Crippen molar-refractivity contribution in [3.05, 3.63) is 57.5 Å². The van der Waals surface area contributed by atoms with E-state index in [0.29, 0.717) is 28.7 Å². The highest BCUT2D eigenvalue weighted by Crippen LogP contribution is 2.26. The Morgan fingerprint density at radius 1 is 1.25 bits per heavy atom. The van der Waals surface area contributed by atoms with Gasteiger partial charge in [0.15, 0.2) is 5.69 Å². The Kier molecular flexibility index (Phi) is 6.72. The van der Waals surface area contributed by atoms with Crippen LogP contribution in [-0.4, -0.2) is 40.0 Å². The third kappa shape index (κ3) is 4.92. The number of benzene rings is 1. The van der Waals surface area contributed by atoms with Gasteiger partial charge in [-0.25, -0.2) is 0 Å². The zero-order valence-electron chi connectivity index (χ0n) is 15.0. The lowest BCUT2D eigenvalue weighted by molar-refractivity contribution is -0.116. The highest BCUT2D eigenvalue weighted by Gasteiger charge is 2.21. The van der Waals surface area contributed by atoms with E-state index in [1.807, 2.05) is 24.4 Å². The number of aromatic amines is 1. The van der Waals surface area contributed by atoms with Crippen molar-refractivity contribution in [2.24, 2.45) is 0 Å². The van der Waals surface area contributed by atoms with Crippen molar-refractivity contribution in [3.8, 4) is 10.6 Å². The van der Waals surface area contributed by atoms with Crippen molar-refractivity contribution in [2.45, 2.75) is 13.3 Å². The lowest BCUT2D eigenvalue weighted by atomic mass is 10.2. The summed E-state index contributed by atoms with van der Waals surface area (Å²) < 4.78 is 0. The average molecular weight is 437 g/mol. The SMILES string of the molecule is CCCN(CC(=O)Nc1ccc(Cl)cc1Cl)C(=O)c1cc(-c2cccs2)[nH]n1. The summed E-state index contributed by atoms with van der Waals surface area (Å²) in [6.45, 7) is 2.27. The predicted octanol–water partition coefficient (Wildman–Crippen LogP) is 4.94. The van der Waals surface area contributed by atoms with Crippen molar-refractivity contribution in [2.75, 3.05) is 18.4 Å². The molecule has 0 atom stereocenters. The van der Waals surface area contributed by atoms with Crippen LogP contribution in [0.25, 0.3) is 10.6 Å². The largest absolute Gasteiger partial charge is 0.328 e. The molecule has 9 heteroatoms. The Balaban J connectivity index is 1.70. The van der Waals surface area contributed by atoms with E-state index in [1.54, 1.807) is 35.6 Å². The van der Waals surface area contributed by atoms with Crippen LogP contribution in [0, 0.1) is 0 Å². The van der Waals surface area contributed by atoms with Gasteiger partial charge >= 0.3 is 0 Å². The third-order valence-corrected chi connectivity index (χ3v) is 5.35. The molecule has 0 saturated heterocycles. The van der Waals surface area contributed by atoms with Gasteiger partial charge in [-0.05, 0) is 42.1 Å². The van der Waals surface area contributed by atoms with E-state index in [9.17, 15) is 9.59 Å².